The molecular weight excluding hydrogens is 336 g/mol. The van der Waals surface area contributed by atoms with Gasteiger partial charge in [0.2, 0.25) is 5.89 Å². The molecule has 3 aromatic rings. The zero-order valence-corrected chi connectivity index (χ0v) is 15.5. The number of ether oxygens (including phenoxy) is 2. The first-order valence-corrected chi connectivity index (χ1v) is 8.84. The van der Waals surface area contributed by atoms with E-state index in [1.807, 2.05) is 24.3 Å². The number of nitrogens with zero attached hydrogens (tertiary/aromatic N) is 2. The molecule has 0 atom stereocenters. The fraction of sp³-hybridized carbons (Fsp3) is 0.263. The number of aryl methyl sites for hydroxylation is 2. The van der Waals surface area contributed by atoms with Crippen molar-refractivity contribution in [3.8, 4) is 23.0 Å². The molecule has 3 rings (SSSR count). The lowest BCUT2D eigenvalue weighted by Gasteiger charge is -2.09. The molecule has 0 unspecified atom stereocenters. The summed E-state index contributed by atoms with van der Waals surface area (Å²) in [7, 11) is 3.30. The summed E-state index contributed by atoms with van der Waals surface area (Å²) in [5.41, 5.74) is 4.38. The highest BCUT2D eigenvalue weighted by atomic mass is 32.2. The van der Waals surface area contributed by atoms with E-state index in [-0.39, 0.29) is 0 Å². The molecule has 6 heteroatoms. The molecule has 2 aromatic carbocycles. The standard InChI is InChI=1S/C19H20N2O3S/c1-12-5-6-14(9-13(12)2)18-20-21-19(24-18)25-11-15-10-16(22-3)7-8-17(15)23-4/h5-10H,11H2,1-4H3. The van der Waals surface area contributed by atoms with Gasteiger partial charge in [0, 0.05) is 16.9 Å². The molecule has 0 bridgehead atoms. The summed E-state index contributed by atoms with van der Waals surface area (Å²) in [6.45, 7) is 4.15. The first-order chi connectivity index (χ1) is 12.1. The molecule has 0 spiro atoms. The van der Waals surface area contributed by atoms with E-state index in [2.05, 4.69) is 36.2 Å². The predicted octanol–water partition coefficient (Wildman–Crippen LogP) is 4.66. The Labute approximate surface area is 151 Å². The lowest BCUT2D eigenvalue weighted by molar-refractivity contribution is 0.400. The number of benzene rings is 2. The molecule has 0 fully saturated rings. The fourth-order valence-corrected chi connectivity index (χ4v) is 3.13. The average Bonchev–Trinajstić information content (AvgIpc) is 3.11. The molecule has 0 aliphatic rings. The van der Waals surface area contributed by atoms with Gasteiger partial charge in [-0.15, -0.1) is 10.2 Å². The minimum Gasteiger partial charge on any atom is -0.497 e. The maximum absolute atomic E-state index is 5.79. The molecule has 0 aliphatic carbocycles. The van der Waals surface area contributed by atoms with Gasteiger partial charge >= 0.3 is 0 Å². The Morgan fingerprint density at radius 1 is 0.960 bits per heavy atom. The molecule has 130 valence electrons. The topological polar surface area (TPSA) is 57.4 Å². The van der Waals surface area contributed by atoms with Gasteiger partial charge in [-0.05, 0) is 55.3 Å². The zero-order valence-electron chi connectivity index (χ0n) is 14.7. The van der Waals surface area contributed by atoms with Crippen LogP contribution in [0.2, 0.25) is 0 Å². The summed E-state index contributed by atoms with van der Waals surface area (Å²) in [6.07, 6.45) is 0. The maximum Gasteiger partial charge on any atom is 0.277 e. The molecule has 1 heterocycles. The van der Waals surface area contributed by atoms with E-state index in [9.17, 15) is 0 Å². The number of methoxy groups -OCH3 is 2. The van der Waals surface area contributed by atoms with E-state index in [0.717, 1.165) is 22.6 Å². The number of hydrogen-bond acceptors (Lipinski definition) is 6. The number of rotatable bonds is 6. The molecule has 0 radical (unpaired) electrons. The van der Waals surface area contributed by atoms with Crippen LogP contribution in [0, 0.1) is 13.8 Å². The van der Waals surface area contributed by atoms with Crippen LogP contribution in [0.15, 0.2) is 46.0 Å². The van der Waals surface area contributed by atoms with Crippen molar-refractivity contribution in [1.82, 2.24) is 10.2 Å². The summed E-state index contributed by atoms with van der Waals surface area (Å²) >= 11 is 1.47. The van der Waals surface area contributed by atoms with E-state index in [4.69, 9.17) is 13.9 Å². The minimum absolute atomic E-state index is 0.526. The first kappa shape index (κ1) is 17.4. The van der Waals surface area contributed by atoms with Gasteiger partial charge in [0.25, 0.3) is 5.22 Å². The van der Waals surface area contributed by atoms with Crippen LogP contribution >= 0.6 is 11.8 Å². The van der Waals surface area contributed by atoms with Crippen LogP contribution in [-0.4, -0.2) is 24.4 Å². The van der Waals surface area contributed by atoms with Gasteiger partial charge < -0.3 is 13.9 Å². The second-order valence-electron chi connectivity index (χ2n) is 5.64. The van der Waals surface area contributed by atoms with E-state index < -0.39 is 0 Å². The first-order valence-electron chi connectivity index (χ1n) is 7.85. The van der Waals surface area contributed by atoms with Crippen LogP contribution in [0.3, 0.4) is 0 Å². The largest absolute Gasteiger partial charge is 0.497 e. The summed E-state index contributed by atoms with van der Waals surface area (Å²) in [5.74, 6) is 2.78. The summed E-state index contributed by atoms with van der Waals surface area (Å²) in [4.78, 5) is 0. The monoisotopic (exact) mass is 356 g/mol. The van der Waals surface area contributed by atoms with Crippen LogP contribution in [0.4, 0.5) is 0 Å². The third-order valence-electron chi connectivity index (χ3n) is 4.00. The summed E-state index contributed by atoms with van der Waals surface area (Å²) in [5, 5.41) is 8.81. The lowest BCUT2D eigenvalue weighted by atomic mass is 10.1. The Hall–Kier alpha value is -2.47. The normalized spacial score (nSPS) is 10.7. The predicted molar refractivity (Wildman–Crippen MR) is 98.3 cm³/mol. The quantitative estimate of drug-likeness (QED) is 0.599. The second-order valence-corrected chi connectivity index (χ2v) is 6.57. The van der Waals surface area contributed by atoms with Gasteiger partial charge in [-0.1, -0.05) is 17.8 Å². The van der Waals surface area contributed by atoms with Crippen molar-refractivity contribution in [1.29, 1.82) is 0 Å². The Bertz CT molecular complexity index is 877. The summed E-state index contributed by atoms with van der Waals surface area (Å²) in [6, 6.07) is 11.8. The number of hydrogen-bond donors (Lipinski definition) is 0. The third kappa shape index (κ3) is 3.96. The summed E-state index contributed by atoms with van der Waals surface area (Å²) < 4.78 is 16.5. The Balaban J connectivity index is 1.75. The van der Waals surface area contributed by atoms with Gasteiger partial charge in [0.15, 0.2) is 0 Å². The molecule has 0 N–H and O–H groups in total. The molecule has 0 saturated carbocycles. The Morgan fingerprint density at radius 3 is 2.52 bits per heavy atom. The van der Waals surface area contributed by atoms with E-state index >= 15 is 0 Å². The van der Waals surface area contributed by atoms with Gasteiger partial charge in [-0.3, -0.25) is 0 Å². The van der Waals surface area contributed by atoms with Crippen LogP contribution < -0.4 is 9.47 Å². The molecular formula is C19H20N2O3S. The van der Waals surface area contributed by atoms with Crippen molar-refractivity contribution in [2.45, 2.75) is 24.8 Å². The fourth-order valence-electron chi connectivity index (χ4n) is 2.39. The molecule has 1 aromatic heterocycles. The van der Waals surface area contributed by atoms with Crippen molar-refractivity contribution < 1.29 is 13.9 Å². The van der Waals surface area contributed by atoms with Gasteiger partial charge in [-0.2, -0.15) is 0 Å². The highest BCUT2D eigenvalue weighted by Crippen LogP contribution is 2.31. The van der Waals surface area contributed by atoms with Crippen molar-refractivity contribution >= 4 is 11.8 Å². The van der Waals surface area contributed by atoms with E-state index in [1.54, 1.807) is 14.2 Å². The van der Waals surface area contributed by atoms with Crippen LogP contribution in [0.1, 0.15) is 16.7 Å². The lowest BCUT2D eigenvalue weighted by Crippen LogP contribution is -1.92. The molecule has 5 nitrogen and oxygen atoms in total. The second kappa shape index (κ2) is 7.61. The van der Waals surface area contributed by atoms with Gasteiger partial charge in [0.1, 0.15) is 11.5 Å². The van der Waals surface area contributed by atoms with Crippen LogP contribution in [-0.2, 0) is 5.75 Å². The number of aromatic nitrogens is 2. The van der Waals surface area contributed by atoms with Crippen molar-refractivity contribution in [2.24, 2.45) is 0 Å². The van der Waals surface area contributed by atoms with Crippen LogP contribution in [0.25, 0.3) is 11.5 Å². The Kier molecular flexibility index (Phi) is 5.28. The molecule has 0 amide bonds. The van der Waals surface area contributed by atoms with Gasteiger partial charge in [-0.25, -0.2) is 0 Å². The van der Waals surface area contributed by atoms with E-state index in [0.29, 0.717) is 16.9 Å². The smallest absolute Gasteiger partial charge is 0.277 e. The van der Waals surface area contributed by atoms with Gasteiger partial charge in [0.05, 0.1) is 14.2 Å². The third-order valence-corrected chi connectivity index (χ3v) is 4.87. The van der Waals surface area contributed by atoms with E-state index in [1.165, 1.54) is 22.9 Å². The Morgan fingerprint density at radius 2 is 1.80 bits per heavy atom. The zero-order chi connectivity index (χ0) is 17.8. The molecule has 0 aliphatic heterocycles. The number of thioether (sulfide) groups is 1. The highest BCUT2D eigenvalue weighted by molar-refractivity contribution is 7.98. The molecule has 25 heavy (non-hydrogen) atoms. The van der Waals surface area contributed by atoms with Crippen molar-refractivity contribution in [3.05, 3.63) is 53.1 Å². The highest BCUT2D eigenvalue weighted by Gasteiger charge is 2.12. The minimum atomic E-state index is 0.526. The average molecular weight is 356 g/mol. The van der Waals surface area contributed by atoms with Crippen molar-refractivity contribution in [3.63, 3.8) is 0 Å². The van der Waals surface area contributed by atoms with Crippen molar-refractivity contribution in [2.75, 3.05) is 14.2 Å². The SMILES string of the molecule is COc1ccc(OC)c(CSc2nnc(-c3ccc(C)c(C)c3)o2)c1. The van der Waals surface area contributed by atoms with Crippen LogP contribution in [0.5, 0.6) is 11.5 Å². The molecule has 0 saturated heterocycles. The maximum atomic E-state index is 5.79.